The number of aliphatic hydroxyl groups is 1. The van der Waals surface area contributed by atoms with Crippen LogP contribution in [-0.2, 0) is 62.2 Å². The van der Waals surface area contributed by atoms with E-state index >= 15 is 0 Å². The minimum Gasteiger partial charge on any atom is -0.481 e. The van der Waals surface area contributed by atoms with Gasteiger partial charge in [-0.3, -0.25) is 57.7 Å². The number of rotatable bonds is 32. The molecule has 0 aromatic carbocycles. The van der Waals surface area contributed by atoms with E-state index in [1.165, 1.54) is 28.1 Å². The van der Waals surface area contributed by atoms with Crippen LogP contribution >= 0.6 is 0 Å². The van der Waals surface area contributed by atoms with Gasteiger partial charge in [-0.15, -0.1) is 0 Å². The number of aliphatic carboxylic acids is 2. The molecule has 0 aromatic rings. The van der Waals surface area contributed by atoms with Crippen molar-refractivity contribution >= 4 is 65.1 Å². The zero-order chi connectivity index (χ0) is 58.0. The van der Waals surface area contributed by atoms with E-state index in [2.05, 4.69) is 26.6 Å². The summed E-state index contributed by atoms with van der Waals surface area (Å²) < 4.78 is 11.9. The number of hydrogen-bond acceptors (Lipinski definition) is 16. The lowest BCUT2D eigenvalue weighted by molar-refractivity contribution is -0.148. The van der Waals surface area contributed by atoms with Crippen LogP contribution in [0.2, 0.25) is 0 Å². The molecule has 0 aromatic heterocycles. The third kappa shape index (κ3) is 17.7. The maximum Gasteiger partial charge on any atom is 0.328 e. The molecule has 430 valence electrons. The van der Waals surface area contributed by atoms with Crippen LogP contribution < -0.4 is 32.3 Å². The highest BCUT2D eigenvalue weighted by Gasteiger charge is 2.44. The lowest BCUT2D eigenvalue weighted by atomic mass is 9.89. The Balaban J connectivity index is 2.30. The molecule has 1 unspecified atom stereocenters. The number of carbonyl (C=O) groups is 11. The first-order valence-corrected chi connectivity index (χ1v) is 25.7. The number of methoxy groups -OCH3 is 2. The van der Waals surface area contributed by atoms with Gasteiger partial charge in [0.15, 0.2) is 0 Å². The van der Waals surface area contributed by atoms with Gasteiger partial charge in [0, 0.05) is 59.5 Å². The highest BCUT2D eigenvalue weighted by molar-refractivity contribution is 6.15. The van der Waals surface area contributed by atoms with Crippen molar-refractivity contribution < 1.29 is 77.5 Å². The Kier molecular flexibility index (Phi) is 26.6. The number of carboxylic acids is 2. The first kappa shape index (κ1) is 66.0. The van der Waals surface area contributed by atoms with Gasteiger partial charge in [-0.2, -0.15) is 0 Å². The number of nitrogens with zero attached hydrogens (tertiary/aromatic N) is 4. The molecule has 2 rings (SSSR count). The second-order valence-electron chi connectivity index (χ2n) is 20.5. The molecular formula is C50H84N10O16. The zero-order valence-corrected chi connectivity index (χ0v) is 46.2. The van der Waals surface area contributed by atoms with Gasteiger partial charge in [0.2, 0.25) is 41.4 Å². The van der Waals surface area contributed by atoms with E-state index in [0.717, 1.165) is 12.2 Å². The van der Waals surface area contributed by atoms with Gasteiger partial charge in [0.25, 0.3) is 11.8 Å². The predicted molar refractivity (Wildman–Crippen MR) is 274 cm³/mol. The van der Waals surface area contributed by atoms with Crippen LogP contribution in [-0.4, -0.2) is 222 Å². The summed E-state index contributed by atoms with van der Waals surface area (Å²) in [5.74, 6) is -11.5. The number of nitrogens with one attached hydrogen (secondary N) is 5. The monoisotopic (exact) mass is 1080 g/mol. The third-order valence-electron chi connectivity index (χ3n) is 14.1. The van der Waals surface area contributed by atoms with Crippen LogP contribution in [0, 0.1) is 23.7 Å². The van der Waals surface area contributed by atoms with Gasteiger partial charge in [-0.25, -0.2) is 4.79 Å². The van der Waals surface area contributed by atoms with Crippen LogP contribution in [0.15, 0.2) is 12.2 Å². The lowest BCUT2D eigenvalue weighted by Crippen LogP contribution is -2.61. The standard InChI is InChI=1S/C50H84N10O16/c1-14-27(6)42(58(11)49(72)39(25(2)3)55-48(71)41(26(4)5)57(9)10)34(75-12)22-37(64)59-21-15-16-32(59)43(76-13)28(7)44(67)56-40(29(8)61)47(70)53-30(17-20-38(65)66)45(68)54-31(50(73)74)24-52-46(69)33(23-51)60-35(62)18-19-36(60)63/h18-19,25-34,39-43,61H,14-17,20-24,51H2,1-13H3,(H,52,69)(H,53,70)(H,54,68)(H,55,71)(H,56,67)(H,65,66)(H,73,74)/t27-,28+,29+,30-,31-,32-,33-,34+,39-,40?,41-,42-,43+/m0/s1. The van der Waals surface area contributed by atoms with Gasteiger partial charge < -0.3 is 66.9 Å². The van der Waals surface area contributed by atoms with Crippen LogP contribution in [0.1, 0.15) is 93.9 Å². The number of imide groups is 1. The number of hydrogen-bond donors (Lipinski definition) is 9. The summed E-state index contributed by atoms with van der Waals surface area (Å²) in [6, 6.07) is -9.59. The Labute approximate surface area is 444 Å². The molecule has 2 aliphatic rings. The van der Waals surface area contributed by atoms with Crippen LogP contribution in [0.3, 0.4) is 0 Å². The smallest absolute Gasteiger partial charge is 0.328 e. The topological polar surface area (TPSA) is 366 Å². The van der Waals surface area contributed by atoms with E-state index in [4.69, 9.17) is 15.2 Å². The molecule has 26 nitrogen and oxygen atoms in total. The predicted octanol–water partition coefficient (Wildman–Crippen LogP) is -2.21. The van der Waals surface area contributed by atoms with E-state index in [0.29, 0.717) is 30.7 Å². The summed E-state index contributed by atoms with van der Waals surface area (Å²) >= 11 is 0. The fraction of sp³-hybridized carbons (Fsp3) is 0.740. The summed E-state index contributed by atoms with van der Waals surface area (Å²) in [7, 11) is 8.04. The average Bonchev–Trinajstić information content (AvgIpc) is 3.96. The van der Waals surface area contributed by atoms with Crippen molar-refractivity contribution in [3.05, 3.63) is 12.2 Å². The molecule has 1 fully saturated rings. The van der Waals surface area contributed by atoms with Crippen LogP contribution in [0.25, 0.3) is 0 Å². The molecule has 2 aliphatic heterocycles. The zero-order valence-electron chi connectivity index (χ0n) is 46.2. The van der Waals surface area contributed by atoms with Crippen LogP contribution in [0.4, 0.5) is 0 Å². The highest BCUT2D eigenvalue weighted by Crippen LogP contribution is 2.30. The van der Waals surface area contributed by atoms with Gasteiger partial charge in [-0.1, -0.05) is 54.9 Å². The number of ether oxygens (including phenoxy) is 2. The first-order chi connectivity index (χ1) is 35.5. The van der Waals surface area contributed by atoms with Crippen molar-refractivity contribution in [3.63, 3.8) is 0 Å². The SMILES string of the molecule is CC[C@H](C)[C@@H]([C@@H](CC(=O)N1CCC[C@H]1[C@H](OC)[C@@H](C)C(=O)NC(C(=O)N[C@@H](CCC(=O)O)C(=O)N[C@@H](CNC(=O)[C@H](CN)N1C(=O)C=CC1=O)C(=O)O)[C@@H](C)O)OC)N(C)C(=O)[C@@H](NC(=O)[C@H](C(C)C)N(C)C)C(C)C. The third-order valence-corrected chi connectivity index (χ3v) is 14.1. The summed E-state index contributed by atoms with van der Waals surface area (Å²) in [5.41, 5.74) is 5.62. The fourth-order valence-electron chi connectivity index (χ4n) is 9.74. The Morgan fingerprint density at radius 3 is 1.83 bits per heavy atom. The maximum atomic E-state index is 14.4. The maximum absolute atomic E-state index is 14.4. The second kappa shape index (κ2) is 30.6. The molecular weight excluding hydrogens is 997 g/mol. The number of likely N-dealkylation sites (N-methyl/N-ethyl adjacent to an activating group) is 2. The normalized spacial score (nSPS) is 19.4. The highest BCUT2D eigenvalue weighted by atomic mass is 16.5. The Morgan fingerprint density at radius 2 is 1.36 bits per heavy atom. The molecule has 76 heavy (non-hydrogen) atoms. The summed E-state index contributed by atoms with van der Waals surface area (Å²) in [6.07, 6.45) is -1.45. The van der Waals surface area contributed by atoms with E-state index in [-0.39, 0.29) is 41.9 Å². The summed E-state index contributed by atoms with van der Waals surface area (Å²) in [5, 5.41) is 42.1. The molecule has 0 saturated carbocycles. The average molecular weight is 1080 g/mol. The minimum absolute atomic E-state index is 0.0357. The van der Waals surface area contributed by atoms with E-state index in [1.54, 1.807) is 35.8 Å². The number of carbonyl (C=O) groups excluding carboxylic acids is 9. The number of likely N-dealkylation sites (tertiary alicyclic amines) is 1. The lowest BCUT2D eigenvalue weighted by Gasteiger charge is -2.41. The Bertz CT molecular complexity index is 2080. The van der Waals surface area contributed by atoms with Crippen LogP contribution in [0.5, 0.6) is 0 Å². The number of carboxylic acid groups (broad SMARTS) is 2. The molecule has 1 saturated heterocycles. The number of amides is 9. The summed E-state index contributed by atoms with van der Waals surface area (Å²) in [6.45, 7) is 13.1. The van der Waals surface area contributed by atoms with Gasteiger partial charge in [0.1, 0.15) is 30.2 Å². The van der Waals surface area contributed by atoms with Gasteiger partial charge in [0.05, 0.1) is 48.8 Å². The van der Waals surface area contributed by atoms with E-state index in [9.17, 15) is 68.1 Å². The Morgan fingerprint density at radius 1 is 0.776 bits per heavy atom. The van der Waals surface area contributed by atoms with Crippen molar-refractivity contribution in [2.24, 2.45) is 29.4 Å². The van der Waals surface area contributed by atoms with Crippen molar-refractivity contribution in [1.82, 2.24) is 46.2 Å². The van der Waals surface area contributed by atoms with Crippen molar-refractivity contribution in [1.29, 1.82) is 0 Å². The molecule has 13 atom stereocenters. The molecule has 0 bridgehead atoms. The molecule has 0 spiro atoms. The molecule has 10 N–H and O–H groups in total. The summed E-state index contributed by atoms with van der Waals surface area (Å²) in [4.78, 5) is 150. The largest absolute Gasteiger partial charge is 0.481 e. The number of nitrogens with two attached hydrogens (primary N) is 1. The van der Waals surface area contributed by atoms with E-state index in [1.807, 2.05) is 41.5 Å². The molecule has 0 aliphatic carbocycles. The quantitative estimate of drug-likeness (QED) is 0.0322. The van der Waals surface area contributed by atoms with Crippen molar-refractivity contribution in [2.45, 2.75) is 161 Å². The van der Waals surface area contributed by atoms with Crippen molar-refractivity contribution in [3.8, 4) is 0 Å². The molecule has 9 amide bonds. The number of aliphatic hydroxyl groups excluding tert-OH is 1. The molecule has 2 heterocycles. The first-order valence-electron chi connectivity index (χ1n) is 25.7. The fourth-order valence-corrected chi connectivity index (χ4v) is 9.74. The second-order valence-corrected chi connectivity index (χ2v) is 20.5. The van der Waals surface area contributed by atoms with E-state index < -0.39 is 146 Å². The molecule has 26 heteroatoms. The Hall–Kier alpha value is -6.09. The molecule has 0 radical (unpaired) electrons. The van der Waals surface area contributed by atoms with Gasteiger partial charge in [-0.05, 0) is 58.0 Å². The minimum atomic E-state index is -1.90. The van der Waals surface area contributed by atoms with Gasteiger partial charge >= 0.3 is 11.9 Å². The van der Waals surface area contributed by atoms with Crippen molar-refractivity contribution in [2.75, 3.05) is 55.0 Å².